The van der Waals surface area contributed by atoms with Gasteiger partial charge in [0.2, 0.25) is 0 Å². The SMILES string of the molecule is CCCN(C1CC1)C(c1cccc(OC)c1)C(C)N. The van der Waals surface area contributed by atoms with Crippen LogP contribution in [0.2, 0.25) is 0 Å². The zero-order valence-electron chi connectivity index (χ0n) is 12.3. The van der Waals surface area contributed by atoms with Crippen molar-refractivity contribution in [1.29, 1.82) is 0 Å². The van der Waals surface area contributed by atoms with Crippen molar-refractivity contribution in [1.82, 2.24) is 4.90 Å². The molecule has 0 amide bonds. The molecule has 0 bridgehead atoms. The molecule has 1 aromatic carbocycles. The summed E-state index contributed by atoms with van der Waals surface area (Å²) < 4.78 is 5.34. The van der Waals surface area contributed by atoms with Gasteiger partial charge in [-0.15, -0.1) is 0 Å². The summed E-state index contributed by atoms with van der Waals surface area (Å²) in [6.07, 6.45) is 3.80. The molecular weight excluding hydrogens is 236 g/mol. The van der Waals surface area contributed by atoms with E-state index < -0.39 is 0 Å². The van der Waals surface area contributed by atoms with E-state index >= 15 is 0 Å². The summed E-state index contributed by atoms with van der Waals surface area (Å²) in [5.74, 6) is 0.912. The fourth-order valence-corrected chi connectivity index (χ4v) is 2.84. The number of nitrogens with two attached hydrogens (primary N) is 1. The van der Waals surface area contributed by atoms with Gasteiger partial charge in [-0.05, 0) is 50.4 Å². The van der Waals surface area contributed by atoms with Crippen LogP contribution in [0.15, 0.2) is 24.3 Å². The molecule has 1 aliphatic rings. The minimum Gasteiger partial charge on any atom is -0.497 e. The Kier molecular flexibility index (Phi) is 4.83. The van der Waals surface area contributed by atoms with Gasteiger partial charge in [0.15, 0.2) is 0 Å². The van der Waals surface area contributed by atoms with E-state index in [0.717, 1.165) is 18.3 Å². The number of methoxy groups -OCH3 is 1. The van der Waals surface area contributed by atoms with E-state index in [-0.39, 0.29) is 6.04 Å². The third kappa shape index (κ3) is 3.48. The monoisotopic (exact) mass is 262 g/mol. The number of nitrogens with zero attached hydrogens (tertiary/aromatic N) is 1. The van der Waals surface area contributed by atoms with Gasteiger partial charge in [0.05, 0.1) is 13.2 Å². The number of hydrogen-bond donors (Lipinski definition) is 1. The van der Waals surface area contributed by atoms with Crippen LogP contribution in [0.25, 0.3) is 0 Å². The largest absolute Gasteiger partial charge is 0.497 e. The summed E-state index contributed by atoms with van der Waals surface area (Å²) in [6, 6.07) is 9.48. The maximum atomic E-state index is 6.27. The molecule has 0 aliphatic heterocycles. The lowest BCUT2D eigenvalue weighted by Gasteiger charge is -2.34. The zero-order valence-corrected chi connectivity index (χ0v) is 12.3. The van der Waals surface area contributed by atoms with Crippen molar-refractivity contribution in [3.05, 3.63) is 29.8 Å². The van der Waals surface area contributed by atoms with Crippen molar-refractivity contribution >= 4 is 0 Å². The van der Waals surface area contributed by atoms with Crippen molar-refractivity contribution in [2.24, 2.45) is 5.73 Å². The predicted octanol–water partition coefficient (Wildman–Crippen LogP) is 2.96. The van der Waals surface area contributed by atoms with Gasteiger partial charge in [-0.3, -0.25) is 4.90 Å². The third-order valence-corrected chi connectivity index (χ3v) is 3.79. The van der Waals surface area contributed by atoms with Crippen LogP contribution in [0.1, 0.15) is 44.7 Å². The molecule has 2 atom stereocenters. The molecule has 2 unspecified atom stereocenters. The van der Waals surface area contributed by atoms with Crippen LogP contribution in [0, 0.1) is 0 Å². The van der Waals surface area contributed by atoms with Gasteiger partial charge < -0.3 is 10.5 Å². The van der Waals surface area contributed by atoms with E-state index in [1.165, 1.54) is 24.8 Å². The van der Waals surface area contributed by atoms with Crippen molar-refractivity contribution in [2.75, 3.05) is 13.7 Å². The highest BCUT2D eigenvalue weighted by atomic mass is 16.5. The highest BCUT2D eigenvalue weighted by Gasteiger charge is 2.35. The van der Waals surface area contributed by atoms with Gasteiger partial charge in [-0.2, -0.15) is 0 Å². The molecular formula is C16H26N2O. The second-order valence-corrected chi connectivity index (χ2v) is 5.55. The lowest BCUT2D eigenvalue weighted by atomic mass is 9.98. The molecule has 0 aromatic heterocycles. The van der Waals surface area contributed by atoms with Gasteiger partial charge in [0, 0.05) is 12.1 Å². The fraction of sp³-hybridized carbons (Fsp3) is 0.625. The molecule has 19 heavy (non-hydrogen) atoms. The second-order valence-electron chi connectivity index (χ2n) is 5.55. The van der Waals surface area contributed by atoms with Gasteiger partial charge in [0.25, 0.3) is 0 Å². The lowest BCUT2D eigenvalue weighted by molar-refractivity contribution is 0.166. The number of rotatable bonds is 7. The van der Waals surface area contributed by atoms with Crippen molar-refractivity contribution in [3.63, 3.8) is 0 Å². The molecule has 0 saturated heterocycles. The topological polar surface area (TPSA) is 38.5 Å². The van der Waals surface area contributed by atoms with Crippen LogP contribution in [-0.4, -0.2) is 30.6 Å². The van der Waals surface area contributed by atoms with E-state index in [0.29, 0.717) is 6.04 Å². The van der Waals surface area contributed by atoms with Gasteiger partial charge >= 0.3 is 0 Å². The van der Waals surface area contributed by atoms with Gasteiger partial charge in [0.1, 0.15) is 5.75 Å². The Morgan fingerprint density at radius 2 is 2.16 bits per heavy atom. The highest BCUT2D eigenvalue weighted by molar-refractivity contribution is 5.31. The van der Waals surface area contributed by atoms with E-state index in [9.17, 15) is 0 Å². The van der Waals surface area contributed by atoms with Crippen molar-refractivity contribution in [3.8, 4) is 5.75 Å². The molecule has 106 valence electrons. The number of benzene rings is 1. The van der Waals surface area contributed by atoms with Crippen LogP contribution in [0.4, 0.5) is 0 Å². The summed E-state index contributed by atoms with van der Waals surface area (Å²) >= 11 is 0. The Bertz CT molecular complexity index is 401. The van der Waals surface area contributed by atoms with E-state index in [4.69, 9.17) is 10.5 Å². The minimum absolute atomic E-state index is 0.124. The summed E-state index contributed by atoms with van der Waals surface area (Å²) in [5.41, 5.74) is 7.55. The maximum Gasteiger partial charge on any atom is 0.119 e. The smallest absolute Gasteiger partial charge is 0.119 e. The highest BCUT2D eigenvalue weighted by Crippen LogP contribution is 2.36. The molecule has 1 aromatic rings. The normalized spacial score (nSPS) is 18.4. The molecule has 0 radical (unpaired) electrons. The third-order valence-electron chi connectivity index (χ3n) is 3.79. The molecule has 1 aliphatic carbocycles. The summed E-state index contributed by atoms with van der Waals surface area (Å²) in [7, 11) is 1.71. The predicted molar refractivity (Wildman–Crippen MR) is 79.4 cm³/mol. The quantitative estimate of drug-likeness (QED) is 0.821. The Morgan fingerprint density at radius 3 is 2.68 bits per heavy atom. The Labute approximate surface area is 116 Å². The first kappa shape index (κ1) is 14.4. The van der Waals surface area contributed by atoms with Crippen LogP contribution in [0.5, 0.6) is 5.75 Å². The van der Waals surface area contributed by atoms with Gasteiger partial charge in [-0.25, -0.2) is 0 Å². The number of ether oxygens (including phenoxy) is 1. The van der Waals surface area contributed by atoms with E-state index in [1.807, 2.05) is 6.07 Å². The molecule has 0 spiro atoms. The average Bonchev–Trinajstić information content (AvgIpc) is 3.22. The maximum absolute atomic E-state index is 6.27. The average molecular weight is 262 g/mol. The van der Waals surface area contributed by atoms with Crippen molar-refractivity contribution < 1.29 is 4.74 Å². The zero-order chi connectivity index (χ0) is 13.8. The Balaban J connectivity index is 2.26. The van der Waals surface area contributed by atoms with E-state index in [1.54, 1.807) is 7.11 Å². The van der Waals surface area contributed by atoms with E-state index in [2.05, 4.69) is 36.9 Å². The van der Waals surface area contributed by atoms with Crippen LogP contribution < -0.4 is 10.5 Å². The lowest BCUT2D eigenvalue weighted by Crippen LogP contribution is -2.41. The molecule has 1 fully saturated rings. The molecule has 2 N–H and O–H groups in total. The first-order chi connectivity index (χ1) is 9.17. The number of hydrogen-bond acceptors (Lipinski definition) is 3. The molecule has 1 saturated carbocycles. The first-order valence-electron chi connectivity index (χ1n) is 7.32. The minimum atomic E-state index is 0.124. The molecule has 3 heteroatoms. The molecule has 0 heterocycles. The van der Waals surface area contributed by atoms with Crippen LogP contribution >= 0.6 is 0 Å². The summed E-state index contributed by atoms with van der Waals surface area (Å²) in [6.45, 7) is 5.46. The van der Waals surface area contributed by atoms with Gasteiger partial charge in [-0.1, -0.05) is 19.1 Å². The molecule has 2 rings (SSSR count). The first-order valence-corrected chi connectivity index (χ1v) is 7.32. The summed E-state index contributed by atoms with van der Waals surface area (Å²) in [5, 5.41) is 0. The van der Waals surface area contributed by atoms with Crippen LogP contribution in [-0.2, 0) is 0 Å². The second kappa shape index (κ2) is 6.40. The fourth-order valence-electron chi connectivity index (χ4n) is 2.84. The Morgan fingerprint density at radius 1 is 1.42 bits per heavy atom. The molecule has 3 nitrogen and oxygen atoms in total. The van der Waals surface area contributed by atoms with Crippen LogP contribution in [0.3, 0.4) is 0 Å². The standard InChI is InChI=1S/C16H26N2O/c1-4-10-18(14-8-9-14)16(12(2)17)13-6-5-7-15(11-13)19-3/h5-7,11-12,14,16H,4,8-10,17H2,1-3H3. The van der Waals surface area contributed by atoms with Crippen molar-refractivity contribution in [2.45, 2.75) is 51.2 Å². The Hall–Kier alpha value is -1.06. The summed E-state index contributed by atoms with van der Waals surface area (Å²) in [4.78, 5) is 2.58.